The normalized spacial score (nSPS) is 14.9. The van der Waals surface area contributed by atoms with E-state index in [1.807, 2.05) is 18.2 Å². The Hall–Kier alpha value is -2.56. The van der Waals surface area contributed by atoms with Crippen LogP contribution in [-0.2, 0) is 22.4 Å². The number of hydrogen-bond donors (Lipinski definition) is 0. The van der Waals surface area contributed by atoms with Crippen molar-refractivity contribution in [3.8, 4) is 11.3 Å². The lowest BCUT2D eigenvalue weighted by atomic mass is 9.99. The van der Waals surface area contributed by atoms with Crippen LogP contribution in [0.2, 0.25) is 0 Å². The number of aromatic nitrogens is 1. The number of rotatable bonds is 7. The number of fused-ring (bicyclic) bond motifs is 1. The first-order valence-electron chi connectivity index (χ1n) is 10.5. The Labute approximate surface area is 172 Å². The van der Waals surface area contributed by atoms with Crippen molar-refractivity contribution >= 4 is 16.7 Å². The number of Topliss-reactive ketones (excluding diaryl/α,β-unsaturated/α-hetero) is 1. The summed E-state index contributed by atoms with van der Waals surface area (Å²) in [6, 6.07) is 18.9. The number of aryl methyl sites for hydroxylation is 1. The van der Waals surface area contributed by atoms with Gasteiger partial charge in [0.1, 0.15) is 5.78 Å². The zero-order valence-corrected chi connectivity index (χ0v) is 17.1. The third kappa shape index (κ3) is 5.08. The molecule has 2 aromatic carbocycles. The lowest BCUT2D eigenvalue weighted by Crippen LogP contribution is -2.36. The van der Waals surface area contributed by atoms with Gasteiger partial charge in [-0.25, -0.2) is 4.98 Å². The quantitative estimate of drug-likeness (QED) is 0.605. The molecule has 4 rings (SSSR count). The summed E-state index contributed by atoms with van der Waals surface area (Å²) < 4.78 is 5.45. The molecule has 1 aromatic heterocycles. The number of nitrogens with zero attached hydrogens (tertiary/aromatic N) is 2. The van der Waals surface area contributed by atoms with Crippen molar-refractivity contribution in [3.05, 3.63) is 65.7 Å². The van der Waals surface area contributed by atoms with Gasteiger partial charge in [-0.05, 0) is 49.6 Å². The number of carbonyl (C=O) groups is 1. The molecule has 0 amide bonds. The van der Waals surface area contributed by atoms with Crippen LogP contribution in [0.5, 0.6) is 0 Å². The van der Waals surface area contributed by atoms with Gasteiger partial charge in [0.2, 0.25) is 0 Å². The zero-order valence-electron chi connectivity index (χ0n) is 17.1. The van der Waals surface area contributed by atoms with E-state index in [9.17, 15) is 4.79 Å². The zero-order chi connectivity index (χ0) is 20.1. The maximum Gasteiger partial charge on any atom is 0.134 e. The molecule has 0 saturated carbocycles. The average Bonchev–Trinajstić information content (AvgIpc) is 2.74. The summed E-state index contributed by atoms with van der Waals surface area (Å²) in [5, 5.41) is 1.24. The standard InChI is InChI=1S/C25H28N2O2/c1-19(28)17-20-8-10-21(11-9-20)25-18-22(23-6-2-3-7-24(23)26-25)5-4-12-27-13-15-29-16-14-27/h2-3,6-11,18H,4-5,12-17H2,1H3. The van der Waals surface area contributed by atoms with Crippen molar-refractivity contribution in [2.45, 2.75) is 26.2 Å². The lowest BCUT2D eigenvalue weighted by Gasteiger charge is -2.26. The summed E-state index contributed by atoms with van der Waals surface area (Å²) in [5.74, 6) is 0.184. The van der Waals surface area contributed by atoms with Crippen LogP contribution >= 0.6 is 0 Å². The number of hydrogen-bond acceptors (Lipinski definition) is 4. The summed E-state index contributed by atoms with van der Waals surface area (Å²) in [6.45, 7) is 6.50. The first-order chi connectivity index (χ1) is 14.2. The molecular weight excluding hydrogens is 360 g/mol. The van der Waals surface area contributed by atoms with Gasteiger partial charge in [-0.1, -0.05) is 42.5 Å². The number of ketones is 1. The molecule has 1 aliphatic heterocycles. The number of pyridine rings is 1. The predicted molar refractivity (Wildman–Crippen MR) is 117 cm³/mol. The van der Waals surface area contributed by atoms with Crippen LogP contribution < -0.4 is 0 Å². The molecule has 0 radical (unpaired) electrons. The molecule has 3 aromatic rings. The van der Waals surface area contributed by atoms with E-state index in [1.54, 1.807) is 6.92 Å². The van der Waals surface area contributed by atoms with Crippen molar-refractivity contribution in [2.75, 3.05) is 32.8 Å². The van der Waals surface area contributed by atoms with E-state index in [2.05, 4.69) is 41.3 Å². The second kappa shape index (κ2) is 9.29. The van der Waals surface area contributed by atoms with Crippen LogP contribution in [0.4, 0.5) is 0 Å². The number of carbonyl (C=O) groups excluding carboxylic acids is 1. The summed E-state index contributed by atoms with van der Waals surface area (Å²) in [6.07, 6.45) is 2.65. The van der Waals surface area contributed by atoms with Crippen molar-refractivity contribution < 1.29 is 9.53 Å². The number of ether oxygens (including phenoxy) is 1. The van der Waals surface area contributed by atoms with Gasteiger partial charge in [0.05, 0.1) is 24.4 Å². The van der Waals surface area contributed by atoms with Gasteiger partial charge >= 0.3 is 0 Å². The van der Waals surface area contributed by atoms with Gasteiger partial charge in [0.25, 0.3) is 0 Å². The highest BCUT2D eigenvalue weighted by Gasteiger charge is 2.12. The van der Waals surface area contributed by atoms with Crippen LogP contribution in [0.1, 0.15) is 24.5 Å². The van der Waals surface area contributed by atoms with E-state index in [0.29, 0.717) is 6.42 Å². The third-order valence-corrected chi connectivity index (χ3v) is 5.53. The Morgan fingerprint density at radius 2 is 1.83 bits per heavy atom. The predicted octanol–water partition coefficient (Wildman–Crippen LogP) is 4.30. The average molecular weight is 389 g/mol. The number of benzene rings is 2. The molecule has 0 aliphatic carbocycles. The van der Waals surface area contributed by atoms with Crippen molar-refractivity contribution in [3.63, 3.8) is 0 Å². The van der Waals surface area contributed by atoms with Gasteiger partial charge in [-0.15, -0.1) is 0 Å². The Morgan fingerprint density at radius 1 is 1.07 bits per heavy atom. The Balaban J connectivity index is 1.56. The Kier molecular flexibility index (Phi) is 6.33. The Morgan fingerprint density at radius 3 is 2.59 bits per heavy atom. The molecule has 0 N–H and O–H groups in total. The highest BCUT2D eigenvalue weighted by molar-refractivity contribution is 5.85. The summed E-state index contributed by atoms with van der Waals surface area (Å²) >= 11 is 0. The largest absolute Gasteiger partial charge is 0.379 e. The highest BCUT2D eigenvalue weighted by Crippen LogP contribution is 2.26. The minimum absolute atomic E-state index is 0.184. The second-order valence-corrected chi connectivity index (χ2v) is 7.82. The van der Waals surface area contributed by atoms with E-state index >= 15 is 0 Å². The minimum Gasteiger partial charge on any atom is -0.379 e. The maximum atomic E-state index is 11.4. The number of para-hydroxylation sites is 1. The topological polar surface area (TPSA) is 42.4 Å². The van der Waals surface area contributed by atoms with Gasteiger partial charge in [0, 0.05) is 30.5 Å². The monoisotopic (exact) mass is 388 g/mol. The summed E-state index contributed by atoms with van der Waals surface area (Å²) in [5.41, 5.74) is 5.54. The molecule has 4 heteroatoms. The summed E-state index contributed by atoms with van der Waals surface area (Å²) in [4.78, 5) is 18.7. The molecule has 0 spiro atoms. The van der Waals surface area contributed by atoms with E-state index in [0.717, 1.165) is 68.0 Å². The fraction of sp³-hybridized carbons (Fsp3) is 0.360. The molecule has 2 heterocycles. The summed E-state index contributed by atoms with van der Waals surface area (Å²) in [7, 11) is 0. The van der Waals surface area contributed by atoms with Gasteiger partial charge in [-0.2, -0.15) is 0 Å². The van der Waals surface area contributed by atoms with Crippen molar-refractivity contribution in [2.24, 2.45) is 0 Å². The molecule has 4 nitrogen and oxygen atoms in total. The minimum atomic E-state index is 0.184. The smallest absolute Gasteiger partial charge is 0.134 e. The van der Waals surface area contributed by atoms with Crippen LogP contribution in [0.25, 0.3) is 22.2 Å². The second-order valence-electron chi connectivity index (χ2n) is 7.82. The maximum absolute atomic E-state index is 11.4. The van der Waals surface area contributed by atoms with Crippen LogP contribution in [0, 0.1) is 0 Å². The van der Waals surface area contributed by atoms with Crippen molar-refractivity contribution in [1.82, 2.24) is 9.88 Å². The Bertz CT molecular complexity index is 976. The molecule has 0 bridgehead atoms. The first-order valence-corrected chi connectivity index (χ1v) is 10.5. The van der Waals surface area contributed by atoms with Crippen molar-refractivity contribution in [1.29, 1.82) is 0 Å². The molecule has 1 aliphatic rings. The fourth-order valence-electron chi connectivity index (χ4n) is 4.00. The van der Waals surface area contributed by atoms with E-state index < -0.39 is 0 Å². The van der Waals surface area contributed by atoms with E-state index in [4.69, 9.17) is 9.72 Å². The molecule has 1 saturated heterocycles. The molecule has 0 atom stereocenters. The van der Waals surface area contributed by atoms with Crippen LogP contribution in [-0.4, -0.2) is 48.5 Å². The number of morpholine rings is 1. The molecule has 150 valence electrons. The lowest BCUT2D eigenvalue weighted by molar-refractivity contribution is -0.116. The van der Waals surface area contributed by atoms with Gasteiger partial charge in [-0.3, -0.25) is 9.69 Å². The highest BCUT2D eigenvalue weighted by atomic mass is 16.5. The third-order valence-electron chi connectivity index (χ3n) is 5.53. The molecule has 0 unspecified atom stereocenters. The fourth-order valence-corrected chi connectivity index (χ4v) is 4.00. The molecule has 29 heavy (non-hydrogen) atoms. The van der Waals surface area contributed by atoms with Gasteiger partial charge in [0.15, 0.2) is 0 Å². The van der Waals surface area contributed by atoms with E-state index in [1.165, 1.54) is 10.9 Å². The van der Waals surface area contributed by atoms with Crippen LogP contribution in [0.3, 0.4) is 0 Å². The molecule has 1 fully saturated rings. The SMILES string of the molecule is CC(=O)Cc1ccc(-c2cc(CCCN3CCOCC3)c3ccccc3n2)cc1. The molecular formula is C25H28N2O2. The van der Waals surface area contributed by atoms with Gasteiger partial charge < -0.3 is 4.74 Å². The van der Waals surface area contributed by atoms with E-state index in [-0.39, 0.29) is 5.78 Å². The first kappa shape index (κ1) is 19.7. The van der Waals surface area contributed by atoms with Crippen LogP contribution in [0.15, 0.2) is 54.6 Å².